The van der Waals surface area contributed by atoms with E-state index in [9.17, 15) is 10.2 Å². The van der Waals surface area contributed by atoms with Gasteiger partial charge in [0.25, 0.3) is 0 Å². The number of hydrogen-bond acceptors (Lipinski definition) is 5. The summed E-state index contributed by atoms with van der Waals surface area (Å²) in [5.41, 5.74) is 0. The van der Waals surface area contributed by atoms with Crippen LogP contribution in [0.3, 0.4) is 0 Å². The highest BCUT2D eigenvalue weighted by atomic mass is 16.7. The standard InChI is InChI=1S/C13H27NO4/c1-5-9(4)17-13-12(16)11(15)10(18-13)7-14-6-8(2)3/h8-16H,5-7H2,1-4H3/t9?,10-,11+,12+,13+/m0/s1. The SMILES string of the molecule is CCC(C)O[C@@H]1O[C@@H](CNCC(C)C)[C@@H](O)[C@H]1O. The molecule has 0 aliphatic carbocycles. The van der Waals surface area contributed by atoms with Crippen LogP contribution in [0, 0.1) is 5.92 Å². The van der Waals surface area contributed by atoms with Crippen molar-refractivity contribution in [2.24, 2.45) is 5.92 Å². The van der Waals surface area contributed by atoms with Gasteiger partial charge >= 0.3 is 0 Å². The molecule has 0 amide bonds. The Morgan fingerprint density at radius 1 is 1.22 bits per heavy atom. The lowest BCUT2D eigenvalue weighted by atomic mass is 10.1. The Labute approximate surface area is 109 Å². The Hall–Kier alpha value is -0.200. The van der Waals surface area contributed by atoms with Gasteiger partial charge in [0.1, 0.15) is 18.3 Å². The summed E-state index contributed by atoms with van der Waals surface area (Å²) in [6, 6.07) is 0. The third-order valence-corrected chi connectivity index (χ3v) is 3.16. The Kier molecular flexibility index (Phi) is 6.52. The summed E-state index contributed by atoms with van der Waals surface area (Å²) in [6.07, 6.45) is -2.13. The van der Waals surface area contributed by atoms with Gasteiger partial charge in [0.15, 0.2) is 6.29 Å². The minimum atomic E-state index is -0.968. The van der Waals surface area contributed by atoms with E-state index in [1.807, 2.05) is 13.8 Å². The van der Waals surface area contributed by atoms with E-state index in [4.69, 9.17) is 9.47 Å². The number of aliphatic hydroxyl groups is 2. The molecule has 5 nitrogen and oxygen atoms in total. The molecule has 1 heterocycles. The van der Waals surface area contributed by atoms with Crippen molar-refractivity contribution in [2.45, 2.75) is 64.8 Å². The molecule has 0 radical (unpaired) electrons. The van der Waals surface area contributed by atoms with Gasteiger partial charge in [0.2, 0.25) is 0 Å². The van der Waals surface area contributed by atoms with E-state index in [-0.39, 0.29) is 6.10 Å². The topological polar surface area (TPSA) is 71.0 Å². The smallest absolute Gasteiger partial charge is 0.186 e. The lowest BCUT2D eigenvalue weighted by Gasteiger charge is -2.19. The van der Waals surface area contributed by atoms with Gasteiger partial charge in [0.05, 0.1) is 6.10 Å². The molecule has 0 aromatic rings. The number of hydrogen-bond donors (Lipinski definition) is 3. The summed E-state index contributed by atoms with van der Waals surface area (Å²) in [5.74, 6) is 0.542. The summed E-state index contributed by atoms with van der Waals surface area (Å²) < 4.78 is 11.1. The average molecular weight is 261 g/mol. The minimum absolute atomic E-state index is 0.0132. The molecule has 1 unspecified atom stereocenters. The van der Waals surface area contributed by atoms with Crippen LogP contribution in [-0.4, -0.2) is 54.0 Å². The summed E-state index contributed by atoms with van der Waals surface area (Å²) in [7, 11) is 0. The fraction of sp³-hybridized carbons (Fsp3) is 1.00. The normalized spacial score (nSPS) is 34.2. The van der Waals surface area contributed by atoms with E-state index >= 15 is 0 Å². The first-order chi connectivity index (χ1) is 8.45. The van der Waals surface area contributed by atoms with Crippen molar-refractivity contribution in [2.75, 3.05) is 13.1 Å². The Morgan fingerprint density at radius 3 is 2.44 bits per heavy atom. The van der Waals surface area contributed by atoms with Crippen molar-refractivity contribution in [3.05, 3.63) is 0 Å². The Balaban J connectivity index is 2.38. The molecule has 1 fully saturated rings. The molecule has 1 aliphatic rings. The van der Waals surface area contributed by atoms with Gasteiger partial charge in [-0.2, -0.15) is 0 Å². The number of aliphatic hydroxyl groups excluding tert-OH is 2. The van der Waals surface area contributed by atoms with E-state index in [2.05, 4.69) is 19.2 Å². The molecule has 0 aromatic carbocycles. The fourth-order valence-electron chi connectivity index (χ4n) is 1.84. The third-order valence-electron chi connectivity index (χ3n) is 3.16. The van der Waals surface area contributed by atoms with Crippen LogP contribution in [0.4, 0.5) is 0 Å². The van der Waals surface area contributed by atoms with Crippen LogP contribution in [0.1, 0.15) is 34.1 Å². The van der Waals surface area contributed by atoms with Crippen LogP contribution < -0.4 is 5.32 Å². The maximum absolute atomic E-state index is 9.88. The van der Waals surface area contributed by atoms with Gasteiger partial charge in [-0.05, 0) is 25.8 Å². The van der Waals surface area contributed by atoms with Crippen molar-refractivity contribution in [3.63, 3.8) is 0 Å². The molecule has 5 heteroatoms. The first-order valence-corrected chi connectivity index (χ1v) is 6.83. The van der Waals surface area contributed by atoms with Crippen molar-refractivity contribution < 1.29 is 19.7 Å². The molecule has 0 aromatic heterocycles. The quantitative estimate of drug-likeness (QED) is 0.622. The van der Waals surface area contributed by atoms with Crippen LogP contribution in [0.15, 0.2) is 0 Å². The van der Waals surface area contributed by atoms with Gasteiger partial charge in [-0.1, -0.05) is 20.8 Å². The van der Waals surface area contributed by atoms with E-state index in [0.717, 1.165) is 13.0 Å². The molecule has 1 aliphatic heterocycles. The van der Waals surface area contributed by atoms with E-state index in [1.165, 1.54) is 0 Å². The first kappa shape index (κ1) is 15.9. The average Bonchev–Trinajstić information content (AvgIpc) is 2.57. The summed E-state index contributed by atoms with van der Waals surface area (Å²) in [6.45, 7) is 9.54. The highest BCUT2D eigenvalue weighted by molar-refractivity contribution is 4.88. The fourth-order valence-corrected chi connectivity index (χ4v) is 1.84. The number of rotatable bonds is 7. The van der Waals surface area contributed by atoms with E-state index < -0.39 is 24.6 Å². The molecule has 0 spiro atoms. The van der Waals surface area contributed by atoms with Crippen molar-refractivity contribution in [1.82, 2.24) is 5.32 Å². The second kappa shape index (κ2) is 7.40. The molecule has 1 saturated heterocycles. The second-order valence-electron chi connectivity index (χ2n) is 5.43. The van der Waals surface area contributed by atoms with Gasteiger partial charge in [-0.25, -0.2) is 0 Å². The molecular weight excluding hydrogens is 234 g/mol. The molecule has 0 saturated carbocycles. The van der Waals surface area contributed by atoms with Gasteiger partial charge in [-0.15, -0.1) is 0 Å². The van der Waals surface area contributed by atoms with Gasteiger partial charge in [0, 0.05) is 6.54 Å². The molecule has 108 valence electrons. The largest absolute Gasteiger partial charge is 0.387 e. The van der Waals surface area contributed by atoms with Crippen LogP contribution in [-0.2, 0) is 9.47 Å². The van der Waals surface area contributed by atoms with Crippen LogP contribution in [0.25, 0.3) is 0 Å². The Morgan fingerprint density at radius 2 is 1.89 bits per heavy atom. The van der Waals surface area contributed by atoms with E-state index in [1.54, 1.807) is 0 Å². The van der Waals surface area contributed by atoms with Crippen LogP contribution in [0.5, 0.6) is 0 Å². The second-order valence-corrected chi connectivity index (χ2v) is 5.43. The summed E-state index contributed by atoms with van der Waals surface area (Å²) in [5, 5.41) is 23.0. The highest BCUT2D eigenvalue weighted by Gasteiger charge is 2.43. The number of nitrogens with one attached hydrogen (secondary N) is 1. The monoisotopic (exact) mass is 261 g/mol. The maximum Gasteiger partial charge on any atom is 0.186 e. The van der Waals surface area contributed by atoms with Gasteiger partial charge < -0.3 is 25.0 Å². The summed E-state index contributed by atoms with van der Waals surface area (Å²) >= 11 is 0. The van der Waals surface area contributed by atoms with Crippen molar-refractivity contribution in [1.29, 1.82) is 0 Å². The third kappa shape index (κ3) is 4.48. The molecule has 18 heavy (non-hydrogen) atoms. The lowest BCUT2D eigenvalue weighted by molar-refractivity contribution is -0.186. The van der Waals surface area contributed by atoms with Gasteiger partial charge in [-0.3, -0.25) is 0 Å². The maximum atomic E-state index is 9.88. The van der Waals surface area contributed by atoms with Crippen LogP contribution in [0.2, 0.25) is 0 Å². The zero-order valence-corrected chi connectivity index (χ0v) is 11.8. The first-order valence-electron chi connectivity index (χ1n) is 6.83. The predicted molar refractivity (Wildman–Crippen MR) is 69.2 cm³/mol. The summed E-state index contributed by atoms with van der Waals surface area (Å²) in [4.78, 5) is 0. The van der Waals surface area contributed by atoms with Crippen molar-refractivity contribution >= 4 is 0 Å². The zero-order valence-electron chi connectivity index (χ0n) is 11.8. The van der Waals surface area contributed by atoms with E-state index in [0.29, 0.717) is 12.5 Å². The lowest BCUT2D eigenvalue weighted by Crippen LogP contribution is -2.39. The molecule has 1 rings (SSSR count). The zero-order chi connectivity index (χ0) is 13.7. The predicted octanol–water partition coefficient (Wildman–Crippen LogP) is 0.494. The molecular formula is C13H27NO4. The van der Waals surface area contributed by atoms with Crippen molar-refractivity contribution in [3.8, 4) is 0 Å². The number of ether oxygens (including phenoxy) is 2. The van der Waals surface area contributed by atoms with Crippen LogP contribution >= 0.6 is 0 Å². The molecule has 5 atom stereocenters. The molecule has 0 bridgehead atoms. The highest BCUT2D eigenvalue weighted by Crippen LogP contribution is 2.23. The molecule has 3 N–H and O–H groups in total. The Bertz CT molecular complexity index is 237. The minimum Gasteiger partial charge on any atom is -0.387 e.